The van der Waals surface area contributed by atoms with Gasteiger partial charge in [-0.15, -0.1) is 0 Å². The van der Waals surface area contributed by atoms with Gasteiger partial charge in [-0.3, -0.25) is 4.90 Å². The first-order valence-electron chi connectivity index (χ1n) is 4.72. The quantitative estimate of drug-likeness (QED) is 0.683. The molecule has 2 nitrogen and oxygen atoms in total. The molecule has 1 atom stereocenters. The lowest BCUT2D eigenvalue weighted by Crippen LogP contribution is -2.27. The lowest BCUT2D eigenvalue weighted by molar-refractivity contribution is 0.135. The molecule has 70 valence electrons. The summed E-state index contributed by atoms with van der Waals surface area (Å²) in [6.45, 7) is 4.85. The van der Waals surface area contributed by atoms with Crippen LogP contribution in [-0.4, -0.2) is 24.3 Å². The molecule has 2 rings (SSSR count). The molecule has 1 aliphatic rings. The predicted molar refractivity (Wildman–Crippen MR) is 52.3 cm³/mol. The Bertz CT molecular complexity index is 260. The molecule has 0 N–H and O–H groups in total. The van der Waals surface area contributed by atoms with Gasteiger partial charge in [0.05, 0.1) is 13.3 Å². The Kier molecular flexibility index (Phi) is 2.62. The number of benzene rings is 1. The Morgan fingerprint density at radius 3 is 2.77 bits per heavy atom. The Hall–Kier alpha value is -0.860. The van der Waals surface area contributed by atoms with Crippen molar-refractivity contribution in [2.75, 3.05) is 13.3 Å². The molecular weight excluding hydrogens is 162 g/mol. The maximum atomic E-state index is 5.37. The van der Waals surface area contributed by atoms with Crippen molar-refractivity contribution in [3.8, 4) is 0 Å². The van der Waals surface area contributed by atoms with E-state index in [1.807, 2.05) is 6.07 Å². The van der Waals surface area contributed by atoms with Crippen molar-refractivity contribution < 1.29 is 4.74 Å². The lowest BCUT2D eigenvalue weighted by atomic mass is 10.2. The van der Waals surface area contributed by atoms with Crippen molar-refractivity contribution in [1.29, 1.82) is 0 Å². The minimum atomic E-state index is 0.556. The average Bonchev–Trinajstić information content (AvgIpc) is 2.54. The Labute approximate surface area is 79.1 Å². The molecule has 1 aliphatic heterocycles. The van der Waals surface area contributed by atoms with E-state index in [0.29, 0.717) is 6.04 Å². The second-order valence-corrected chi connectivity index (χ2v) is 3.58. The van der Waals surface area contributed by atoms with Gasteiger partial charge in [-0.05, 0) is 12.5 Å². The van der Waals surface area contributed by atoms with E-state index in [2.05, 4.69) is 36.1 Å². The Morgan fingerprint density at radius 1 is 1.38 bits per heavy atom. The summed E-state index contributed by atoms with van der Waals surface area (Å²) in [7, 11) is 0. The molecule has 2 heteroatoms. The first-order valence-corrected chi connectivity index (χ1v) is 4.72. The maximum absolute atomic E-state index is 5.37. The average molecular weight is 177 g/mol. The summed E-state index contributed by atoms with van der Waals surface area (Å²) in [4.78, 5) is 2.34. The maximum Gasteiger partial charge on any atom is 0.0996 e. The summed E-state index contributed by atoms with van der Waals surface area (Å²) in [6.07, 6.45) is 0. The molecule has 1 aromatic carbocycles. The molecule has 1 heterocycles. The second kappa shape index (κ2) is 3.90. The number of hydrogen-bond donors (Lipinski definition) is 0. The number of ether oxygens (including phenoxy) is 1. The topological polar surface area (TPSA) is 12.5 Å². The molecule has 0 aliphatic carbocycles. The molecule has 1 saturated heterocycles. The van der Waals surface area contributed by atoms with E-state index in [1.165, 1.54) is 5.56 Å². The van der Waals surface area contributed by atoms with Crippen molar-refractivity contribution in [1.82, 2.24) is 4.90 Å². The van der Waals surface area contributed by atoms with E-state index >= 15 is 0 Å². The minimum absolute atomic E-state index is 0.556. The fourth-order valence-electron chi connectivity index (χ4n) is 1.59. The molecule has 0 unspecified atom stereocenters. The van der Waals surface area contributed by atoms with E-state index in [0.717, 1.165) is 19.9 Å². The van der Waals surface area contributed by atoms with E-state index in [-0.39, 0.29) is 0 Å². The zero-order valence-electron chi connectivity index (χ0n) is 7.94. The Morgan fingerprint density at radius 2 is 2.15 bits per heavy atom. The van der Waals surface area contributed by atoms with Crippen LogP contribution < -0.4 is 0 Å². The van der Waals surface area contributed by atoms with Gasteiger partial charge in [0.25, 0.3) is 0 Å². The fourth-order valence-corrected chi connectivity index (χ4v) is 1.59. The van der Waals surface area contributed by atoms with Gasteiger partial charge in [-0.25, -0.2) is 0 Å². The van der Waals surface area contributed by atoms with Crippen LogP contribution in [0.25, 0.3) is 0 Å². The molecule has 0 aromatic heterocycles. The normalized spacial score (nSPS) is 23.6. The zero-order chi connectivity index (χ0) is 9.10. The van der Waals surface area contributed by atoms with Crippen LogP contribution in [0.3, 0.4) is 0 Å². The molecule has 13 heavy (non-hydrogen) atoms. The van der Waals surface area contributed by atoms with Gasteiger partial charge >= 0.3 is 0 Å². The van der Waals surface area contributed by atoms with Gasteiger partial charge in [0.1, 0.15) is 0 Å². The molecule has 1 aromatic rings. The first-order chi connectivity index (χ1) is 6.36. The Balaban J connectivity index is 1.98. The van der Waals surface area contributed by atoms with Crippen LogP contribution in [-0.2, 0) is 11.3 Å². The molecule has 0 radical (unpaired) electrons. The molecular formula is C11H15NO. The van der Waals surface area contributed by atoms with Gasteiger partial charge in [0.2, 0.25) is 0 Å². The van der Waals surface area contributed by atoms with Gasteiger partial charge in [-0.2, -0.15) is 0 Å². The van der Waals surface area contributed by atoms with E-state index in [1.54, 1.807) is 0 Å². The van der Waals surface area contributed by atoms with Gasteiger partial charge in [0, 0.05) is 12.6 Å². The SMILES string of the molecule is C[C@@H]1COCN1Cc1ccccc1. The largest absolute Gasteiger partial charge is 0.364 e. The van der Waals surface area contributed by atoms with Gasteiger partial charge < -0.3 is 4.74 Å². The first kappa shape index (κ1) is 8.73. The summed E-state index contributed by atoms with van der Waals surface area (Å²) in [5, 5.41) is 0. The molecule has 0 saturated carbocycles. The van der Waals surface area contributed by atoms with Crippen molar-refractivity contribution >= 4 is 0 Å². The highest BCUT2D eigenvalue weighted by Crippen LogP contribution is 2.13. The molecule has 0 bridgehead atoms. The summed E-state index contributed by atoms with van der Waals surface area (Å²) < 4.78 is 5.37. The monoisotopic (exact) mass is 177 g/mol. The fraction of sp³-hybridized carbons (Fsp3) is 0.455. The molecule has 0 spiro atoms. The summed E-state index contributed by atoms with van der Waals surface area (Å²) in [5.41, 5.74) is 1.36. The van der Waals surface area contributed by atoms with Crippen LogP contribution in [0.2, 0.25) is 0 Å². The van der Waals surface area contributed by atoms with Crippen molar-refractivity contribution in [3.63, 3.8) is 0 Å². The third-order valence-electron chi connectivity index (χ3n) is 2.47. The van der Waals surface area contributed by atoms with Crippen molar-refractivity contribution in [3.05, 3.63) is 35.9 Å². The lowest BCUT2D eigenvalue weighted by Gasteiger charge is -2.18. The van der Waals surface area contributed by atoms with E-state index in [4.69, 9.17) is 4.74 Å². The minimum Gasteiger partial charge on any atom is -0.364 e. The summed E-state index contributed by atoms with van der Waals surface area (Å²) in [5.74, 6) is 0. The van der Waals surface area contributed by atoms with Crippen LogP contribution in [0, 0.1) is 0 Å². The predicted octanol–water partition coefficient (Wildman–Crippen LogP) is 1.86. The third kappa shape index (κ3) is 2.08. The van der Waals surface area contributed by atoms with Crippen LogP contribution >= 0.6 is 0 Å². The third-order valence-corrected chi connectivity index (χ3v) is 2.47. The van der Waals surface area contributed by atoms with Crippen molar-refractivity contribution in [2.24, 2.45) is 0 Å². The number of hydrogen-bond acceptors (Lipinski definition) is 2. The highest BCUT2D eigenvalue weighted by atomic mass is 16.5. The van der Waals surface area contributed by atoms with Crippen LogP contribution in [0.4, 0.5) is 0 Å². The second-order valence-electron chi connectivity index (χ2n) is 3.58. The zero-order valence-corrected chi connectivity index (χ0v) is 7.94. The number of rotatable bonds is 2. The smallest absolute Gasteiger partial charge is 0.0996 e. The highest BCUT2D eigenvalue weighted by molar-refractivity contribution is 5.14. The van der Waals surface area contributed by atoms with E-state index in [9.17, 15) is 0 Å². The number of nitrogens with zero attached hydrogens (tertiary/aromatic N) is 1. The van der Waals surface area contributed by atoms with Crippen molar-refractivity contribution in [2.45, 2.75) is 19.5 Å². The summed E-state index contributed by atoms with van der Waals surface area (Å²) >= 11 is 0. The van der Waals surface area contributed by atoms with Crippen LogP contribution in [0.15, 0.2) is 30.3 Å². The molecule has 0 amide bonds. The van der Waals surface area contributed by atoms with Gasteiger partial charge in [-0.1, -0.05) is 30.3 Å². The standard InChI is InChI=1S/C11H15NO/c1-10-8-13-9-12(10)7-11-5-3-2-4-6-11/h2-6,10H,7-9H2,1H3/t10-/m1/s1. The highest BCUT2D eigenvalue weighted by Gasteiger charge is 2.20. The van der Waals surface area contributed by atoms with Crippen LogP contribution in [0.1, 0.15) is 12.5 Å². The van der Waals surface area contributed by atoms with Gasteiger partial charge in [0.15, 0.2) is 0 Å². The van der Waals surface area contributed by atoms with E-state index < -0.39 is 0 Å². The summed E-state index contributed by atoms with van der Waals surface area (Å²) in [6, 6.07) is 11.1. The van der Waals surface area contributed by atoms with Crippen LogP contribution in [0.5, 0.6) is 0 Å². The molecule has 1 fully saturated rings.